The predicted octanol–water partition coefficient (Wildman–Crippen LogP) is 3.14. The van der Waals surface area contributed by atoms with E-state index in [-0.39, 0.29) is 6.04 Å². The predicted molar refractivity (Wildman–Crippen MR) is 68.6 cm³/mol. The molecule has 1 unspecified atom stereocenters. The highest BCUT2D eigenvalue weighted by molar-refractivity contribution is 7.09. The summed E-state index contributed by atoms with van der Waals surface area (Å²) < 4.78 is 0. The van der Waals surface area contributed by atoms with Crippen LogP contribution in [0, 0.1) is 0 Å². The van der Waals surface area contributed by atoms with Crippen LogP contribution < -0.4 is 5.73 Å². The van der Waals surface area contributed by atoms with Gasteiger partial charge in [-0.1, -0.05) is 37.6 Å². The van der Waals surface area contributed by atoms with Crippen LogP contribution in [0.25, 0.3) is 0 Å². The molecular formula is C13H16N2S. The maximum atomic E-state index is 6.16. The summed E-state index contributed by atoms with van der Waals surface area (Å²) in [6.45, 7) is 2.19. The van der Waals surface area contributed by atoms with Crippen molar-refractivity contribution >= 4 is 11.3 Å². The highest BCUT2D eigenvalue weighted by Gasteiger charge is 2.09. The first-order valence-electron chi connectivity index (χ1n) is 5.54. The molecule has 0 radical (unpaired) electrons. The van der Waals surface area contributed by atoms with E-state index in [0.717, 1.165) is 16.9 Å². The highest BCUT2D eigenvalue weighted by atomic mass is 32.1. The number of benzene rings is 1. The van der Waals surface area contributed by atoms with Gasteiger partial charge in [-0.05, 0) is 17.5 Å². The van der Waals surface area contributed by atoms with Gasteiger partial charge in [-0.15, -0.1) is 11.3 Å². The van der Waals surface area contributed by atoms with Crippen molar-refractivity contribution in [1.82, 2.24) is 4.98 Å². The van der Waals surface area contributed by atoms with Crippen molar-refractivity contribution in [3.05, 3.63) is 52.0 Å². The van der Waals surface area contributed by atoms with Gasteiger partial charge in [0.1, 0.15) is 0 Å². The topological polar surface area (TPSA) is 38.9 Å². The maximum Gasteiger partial charge on any atom is 0.0794 e. The third kappa shape index (κ3) is 2.49. The molecule has 0 aliphatic rings. The van der Waals surface area contributed by atoms with E-state index >= 15 is 0 Å². The van der Waals surface area contributed by atoms with Gasteiger partial charge in [0.25, 0.3) is 0 Å². The van der Waals surface area contributed by atoms with Crippen molar-refractivity contribution in [3.63, 3.8) is 0 Å². The number of rotatable bonds is 4. The van der Waals surface area contributed by atoms with Crippen LogP contribution in [-0.2, 0) is 6.42 Å². The molecule has 1 heterocycles. The fourth-order valence-corrected chi connectivity index (χ4v) is 2.37. The SMILES string of the molecule is CCCc1ccc(C(N)c2cncs2)cc1. The molecule has 0 aliphatic carbocycles. The number of thiazole rings is 1. The maximum absolute atomic E-state index is 6.16. The first-order chi connectivity index (χ1) is 7.81. The molecule has 3 heteroatoms. The highest BCUT2D eigenvalue weighted by Crippen LogP contribution is 2.22. The summed E-state index contributed by atoms with van der Waals surface area (Å²) in [5.74, 6) is 0. The van der Waals surface area contributed by atoms with Crippen LogP contribution in [0.4, 0.5) is 0 Å². The lowest BCUT2D eigenvalue weighted by Gasteiger charge is -2.10. The number of nitrogens with two attached hydrogens (primary N) is 1. The van der Waals surface area contributed by atoms with E-state index in [1.807, 2.05) is 11.7 Å². The smallest absolute Gasteiger partial charge is 0.0794 e. The van der Waals surface area contributed by atoms with Crippen LogP contribution in [0.3, 0.4) is 0 Å². The molecule has 2 aromatic rings. The minimum Gasteiger partial charge on any atom is -0.320 e. The van der Waals surface area contributed by atoms with E-state index < -0.39 is 0 Å². The lowest BCUT2D eigenvalue weighted by atomic mass is 10.0. The Bertz CT molecular complexity index is 420. The van der Waals surface area contributed by atoms with Gasteiger partial charge in [-0.25, -0.2) is 0 Å². The summed E-state index contributed by atoms with van der Waals surface area (Å²) in [6, 6.07) is 8.53. The molecule has 1 aromatic heterocycles. The van der Waals surface area contributed by atoms with E-state index in [2.05, 4.69) is 36.2 Å². The van der Waals surface area contributed by atoms with E-state index in [1.54, 1.807) is 11.3 Å². The molecule has 0 bridgehead atoms. The third-order valence-corrected chi connectivity index (χ3v) is 3.49. The fourth-order valence-electron chi connectivity index (χ4n) is 1.72. The van der Waals surface area contributed by atoms with Gasteiger partial charge in [0.05, 0.1) is 11.6 Å². The number of aromatic nitrogens is 1. The van der Waals surface area contributed by atoms with E-state index in [4.69, 9.17) is 5.73 Å². The van der Waals surface area contributed by atoms with Gasteiger partial charge in [0.15, 0.2) is 0 Å². The van der Waals surface area contributed by atoms with Crippen molar-refractivity contribution in [1.29, 1.82) is 0 Å². The van der Waals surface area contributed by atoms with Gasteiger partial charge in [0.2, 0.25) is 0 Å². The standard InChI is InChI=1S/C13H16N2S/c1-2-3-10-4-6-11(7-5-10)13(14)12-8-15-9-16-12/h4-9,13H,2-3,14H2,1H3. The zero-order valence-corrected chi connectivity index (χ0v) is 10.2. The van der Waals surface area contributed by atoms with Crippen molar-refractivity contribution in [2.24, 2.45) is 5.73 Å². The first-order valence-corrected chi connectivity index (χ1v) is 6.42. The Hall–Kier alpha value is -1.19. The van der Waals surface area contributed by atoms with Crippen LogP contribution in [0.5, 0.6) is 0 Å². The minimum absolute atomic E-state index is 0.0387. The van der Waals surface area contributed by atoms with Gasteiger partial charge < -0.3 is 5.73 Å². The van der Waals surface area contributed by atoms with Gasteiger partial charge in [0, 0.05) is 11.1 Å². The molecule has 2 N–H and O–H groups in total. The number of aryl methyl sites for hydroxylation is 1. The Labute approximate surface area is 100 Å². The summed E-state index contributed by atoms with van der Waals surface area (Å²) in [5, 5.41) is 0. The number of hydrogen-bond donors (Lipinski definition) is 1. The Kier molecular flexibility index (Phi) is 3.70. The molecule has 0 saturated carbocycles. The average Bonchev–Trinajstić information content (AvgIpc) is 2.83. The molecule has 0 amide bonds. The molecule has 0 aliphatic heterocycles. The molecule has 0 spiro atoms. The quantitative estimate of drug-likeness (QED) is 0.879. The second kappa shape index (κ2) is 5.23. The Balaban J connectivity index is 2.15. The Morgan fingerprint density at radius 3 is 2.62 bits per heavy atom. The zero-order chi connectivity index (χ0) is 11.4. The Morgan fingerprint density at radius 2 is 2.06 bits per heavy atom. The second-order valence-electron chi connectivity index (χ2n) is 3.87. The third-order valence-electron chi connectivity index (χ3n) is 2.64. The monoisotopic (exact) mass is 232 g/mol. The van der Waals surface area contributed by atoms with E-state index in [9.17, 15) is 0 Å². The van der Waals surface area contributed by atoms with Crippen molar-refractivity contribution in [2.75, 3.05) is 0 Å². The van der Waals surface area contributed by atoms with Crippen molar-refractivity contribution in [2.45, 2.75) is 25.8 Å². The molecule has 0 saturated heterocycles. The normalized spacial score (nSPS) is 12.6. The molecular weight excluding hydrogens is 216 g/mol. The van der Waals surface area contributed by atoms with Crippen LogP contribution in [0.15, 0.2) is 36.0 Å². The van der Waals surface area contributed by atoms with Gasteiger partial charge in [-0.3, -0.25) is 4.98 Å². The zero-order valence-electron chi connectivity index (χ0n) is 9.39. The van der Waals surface area contributed by atoms with Crippen LogP contribution in [-0.4, -0.2) is 4.98 Å². The van der Waals surface area contributed by atoms with E-state index in [0.29, 0.717) is 0 Å². The molecule has 0 fully saturated rings. The fraction of sp³-hybridized carbons (Fsp3) is 0.308. The molecule has 84 valence electrons. The lowest BCUT2D eigenvalue weighted by Crippen LogP contribution is -2.10. The van der Waals surface area contributed by atoms with Crippen LogP contribution in [0.1, 0.15) is 35.4 Å². The summed E-state index contributed by atoms with van der Waals surface area (Å²) in [4.78, 5) is 5.17. The molecule has 1 atom stereocenters. The number of nitrogens with zero attached hydrogens (tertiary/aromatic N) is 1. The lowest BCUT2D eigenvalue weighted by molar-refractivity contribution is 0.880. The van der Waals surface area contributed by atoms with Crippen LogP contribution >= 0.6 is 11.3 Å². The van der Waals surface area contributed by atoms with Crippen molar-refractivity contribution < 1.29 is 0 Å². The minimum atomic E-state index is -0.0387. The van der Waals surface area contributed by atoms with Gasteiger partial charge in [-0.2, -0.15) is 0 Å². The number of hydrogen-bond acceptors (Lipinski definition) is 3. The second-order valence-corrected chi connectivity index (χ2v) is 4.79. The van der Waals surface area contributed by atoms with Crippen LogP contribution in [0.2, 0.25) is 0 Å². The average molecular weight is 232 g/mol. The first kappa shape index (κ1) is 11.3. The van der Waals surface area contributed by atoms with Gasteiger partial charge >= 0.3 is 0 Å². The largest absolute Gasteiger partial charge is 0.320 e. The summed E-state index contributed by atoms with van der Waals surface area (Å²) in [5.41, 5.74) is 10.5. The molecule has 2 rings (SSSR count). The summed E-state index contributed by atoms with van der Waals surface area (Å²) in [7, 11) is 0. The molecule has 1 aromatic carbocycles. The molecule has 2 nitrogen and oxygen atoms in total. The van der Waals surface area contributed by atoms with Crippen molar-refractivity contribution in [3.8, 4) is 0 Å². The molecule has 16 heavy (non-hydrogen) atoms. The summed E-state index contributed by atoms with van der Waals surface area (Å²) >= 11 is 1.60. The summed E-state index contributed by atoms with van der Waals surface area (Å²) in [6.07, 6.45) is 4.16. The Morgan fingerprint density at radius 1 is 1.31 bits per heavy atom. The van der Waals surface area contributed by atoms with E-state index in [1.165, 1.54) is 12.0 Å².